The summed E-state index contributed by atoms with van der Waals surface area (Å²) in [5, 5.41) is 0.965. The fourth-order valence-corrected chi connectivity index (χ4v) is 4.11. The van der Waals surface area contributed by atoms with Crippen molar-refractivity contribution in [3.05, 3.63) is 77.7 Å². The molecule has 0 saturated carbocycles. The molecule has 0 N–H and O–H groups in total. The van der Waals surface area contributed by atoms with Crippen molar-refractivity contribution < 1.29 is 13.1 Å². The molecule has 4 nitrogen and oxygen atoms in total. The Balaban J connectivity index is 1.67. The third-order valence-corrected chi connectivity index (χ3v) is 5.59. The Morgan fingerprint density at radius 2 is 2.00 bits per heavy atom. The lowest BCUT2D eigenvalue weighted by atomic mass is 9.55. The third-order valence-electron chi connectivity index (χ3n) is 5.59. The highest BCUT2D eigenvalue weighted by molar-refractivity contribution is 6.81. The molecule has 0 aliphatic carbocycles. The predicted octanol–water partition coefficient (Wildman–Crippen LogP) is 3.84. The van der Waals surface area contributed by atoms with Crippen LogP contribution in [0.3, 0.4) is 0 Å². The summed E-state index contributed by atoms with van der Waals surface area (Å²) in [4.78, 5) is 6.69. The molecule has 5 heteroatoms. The van der Waals surface area contributed by atoms with Crippen molar-refractivity contribution in [1.82, 2.24) is 4.98 Å². The Kier molecular flexibility index (Phi) is 3.34. The fourth-order valence-electron chi connectivity index (χ4n) is 4.11. The van der Waals surface area contributed by atoms with Crippen LogP contribution < -0.4 is 15.0 Å². The van der Waals surface area contributed by atoms with E-state index in [9.17, 15) is 0 Å². The van der Waals surface area contributed by atoms with E-state index in [4.69, 9.17) is 8.53 Å². The van der Waals surface area contributed by atoms with Crippen LogP contribution >= 0.6 is 0 Å². The standard InChI is InChI=1S/C24H23BN3O/c1-16-15-27(3)22(14-20(16)18-8-6-5-7-9-18)25-13-12-21-23(28(25)4)19-11-10-17(2)26-24(19)29-21/h5-15H,1-4H3/q+1/i1D3. The molecule has 0 saturated heterocycles. The number of rotatable bonds is 2. The molecule has 0 spiro atoms. The number of hydrogen-bond donors (Lipinski definition) is 0. The van der Waals surface area contributed by atoms with Gasteiger partial charge in [-0.15, -0.1) is 0 Å². The van der Waals surface area contributed by atoms with Crippen LogP contribution in [0.5, 0.6) is 0 Å². The number of pyridine rings is 2. The lowest BCUT2D eigenvalue weighted by Gasteiger charge is -2.26. The number of nitrogens with zero attached hydrogens (tertiary/aromatic N) is 3. The fraction of sp³-hybridized carbons (Fsp3) is 0.167. The molecule has 1 aromatic carbocycles. The van der Waals surface area contributed by atoms with Crippen LogP contribution in [0.1, 0.15) is 21.1 Å². The Morgan fingerprint density at radius 1 is 1.17 bits per heavy atom. The van der Waals surface area contributed by atoms with E-state index in [1.165, 1.54) is 0 Å². The largest absolute Gasteiger partial charge is 0.436 e. The van der Waals surface area contributed by atoms with E-state index < -0.39 is 6.85 Å². The van der Waals surface area contributed by atoms with Gasteiger partial charge >= 0.3 is 6.85 Å². The number of aryl methyl sites for hydroxylation is 3. The molecule has 29 heavy (non-hydrogen) atoms. The molecule has 0 bridgehead atoms. The smallest absolute Gasteiger partial charge is 0.396 e. The Bertz CT molecular complexity index is 1360. The van der Waals surface area contributed by atoms with Crippen LogP contribution in [0.4, 0.5) is 5.69 Å². The molecule has 0 radical (unpaired) electrons. The Morgan fingerprint density at radius 3 is 2.79 bits per heavy atom. The number of fused-ring (bicyclic) bond motifs is 3. The molecule has 4 aromatic rings. The van der Waals surface area contributed by atoms with E-state index in [0.717, 1.165) is 39.2 Å². The molecule has 5 rings (SSSR count). The van der Waals surface area contributed by atoms with Crippen LogP contribution in [-0.2, 0) is 7.05 Å². The maximum atomic E-state index is 8.07. The van der Waals surface area contributed by atoms with E-state index in [1.54, 1.807) is 6.20 Å². The second kappa shape index (κ2) is 6.62. The maximum absolute atomic E-state index is 8.07. The summed E-state index contributed by atoms with van der Waals surface area (Å²) in [5.41, 5.74) is 5.45. The minimum Gasteiger partial charge on any atom is -0.436 e. The van der Waals surface area contributed by atoms with Crippen molar-refractivity contribution in [2.24, 2.45) is 7.05 Å². The van der Waals surface area contributed by atoms with Gasteiger partial charge in [-0.1, -0.05) is 36.3 Å². The molecule has 0 fully saturated rings. The summed E-state index contributed by atoms with van der Waals surface area (Å²) < 4.78 is 32.1. The number of aromatic nitrogens is 2. The molecule has 1 aliphatic heterocycles. The van der Waals surface area contributed by atoms with Gasteiger partial charge < -0.3 is 9.23 Å². The SMILES string of the molecule is [2H]C([2H])([2H])c1c[n+](C)c(B2C=Cc3oc4nc(C)ccc4c3N2C)cc1-c1ccccc1. The molecule has 1 aliphatic rings. The first-order valence-corrected chi connectivity index (χ1v) is 9.64. The van der Waals surface area contributed by atoms with Gasteiger partial charge in [-0.25, -0.2) is 9.55 Å². The van der Waals surface area contributed by atoms with Crippen LogP contribution in [0.25, 0.3) is 28.3 Å². The average Bonchev–Trinajstić information content (AvgIpc) is 3.12. The summed E-state index contributed by atoms with van der Waals surface area (Å²) in [5.74, 6) is 2.86. The zero-order valence-corrected chi connectivity index (χ0v) is 16.7. The molecule has 4 heterocycles. The lowest BCUT2D eigenvalue weighted by Crippen LogP contribution is -2.60. The molecule has 142 valence electrons. The van der Waals surface area contributed by atoms with Crippen molar-refractivity contribution in [1.29, 1.82) is 0 Å². The van der Waals surface area contributed by atoms with E-state index in [-0.39, 0.29) is 6.85 Å². The summed E-state index contributed by atoms with van der Waals surface area (Å²) >= 11 is 0. The number of benzene rings is 1. The quantitative estimate of drug-likeness (QED) is 0.390. The first-order valence-electron chi connectivity index (χ1n) is 11.1. The zero-order chi connectivity index (χ0) is 22.6. The first kappa shape index (κ1) is 14.6. The van der Waals surface area contributed by atoms with Crippen molar-refractivity contribution >= 4 is 35.3 Å². The third kappa shape index (κ3) is 2.85. The molecular formula is C24H23BN3O+. The van der Waals surface area contributed by atoms with Crippen LogP contribution in [0.15, 0.2) is 65.1 Å². The number of furan rings is 1. The molecular weight excluding hydrogens is 357 g/mol. The maximum Gasteiger partial charge on any atom is 0.396 e. The van der Waals surface area contributed by atoms with Gasteiger partial charge in [-0.05, 0) is 50.2 Å². The first-order chi connectivity index (χ1) is 15.2. The van der Waals surface area contributed by atoms with Crippen molar-refractivity contribution in [2.45, 2.75) is 13.8 Å². The highest BCUT2D eigenvalue weighted by atomic mass is 16.3. The summed E-state index contributed by atoms with van der Waals surface area (Å²) in [6.07, 6.45) is 3.72. The number of hydrogen-bond acceptors (Lipinski definition) is 3. The topological polar surface area (TPSA) is 33.1 Å². The second-order valence-corrected chi connectivity index (χ2v) is 7.54. The van der Waals surface area contributed by atoms with Gasteiger partial charge in [-0.3, -0.25) is 0 Å². The molecule has 0 atom stereocenters. The number of anilines is 1. The van der Waals surface area contributed by atoms with Crippen LogP contribution in [-0.4, -0.2) is 18.9 Å². The van der Waals surface area contributed by atoms with E-state index in [1.807, 2.05) is 80.2 Å². The van der Waals surface area contributed by atoms with Gasteiger partial charge in [0.15, 0.2) is 17.6 Å². The highest BCUT2D eigenvalue weighted by Crippen LogP contribution is 2.36. The summed E-state index contributed by atoms with van der Waals surface area (Å²) in [7, 11) is 3.93. The lowest BCUT2D eigenvalue weighted by molar-refractivity contribution is -0.654. The van der Waals surface area contributed by atoms with Gasteiger partial charge in [0.1, 0.15) is 7.05 Å². The Labute approximate surface area is 175 Å². The van der Waals surface area contributed by atoms with Gasteiger partial charge in [0.2, 0.25) is 5.71 Å². The van der Waals surface area contributed by atoms with Gasteiger partial charge in [0.25, 0.3) is 0 Å². The minimum atomic E-state index is -2.22. The molecule has 0 amide bonds. The second-order valence-electron chi connectivity index (χ2n) is 7.54. The van der Waals surface area contributed by atoms with Gasteiger partial charge in [-0.2, -0.15) is 0 Å². The van der Waals surface area contributed by atoms with Crippen molar-refractivity contribution in [3.63, 3.8) is 0 Å². The normalized spacial score (nSPS) is 15.2. The van der Waals surface area contributed by atoms with E-state index in [0.29, 0.717) is 11.3 Å². The zero-order valence-electron chi connectivity index (χ0n) is 19.7. The molecule has 3 aromatic heterocycles. The van der Waals surface area contributed by atoms with Crippen LogP contribution in [0, 0.1) is 13.8 Å². The van der Waals surface area contributed by atoms with Crippen LogP contribution in [0.2, 0.25) is 0 Å². The predicted molar refractivity (Wildman–Crippen MR) is 119 cm³/mol. The van der Waals surface area contributed by atoms with Crippen molar-refractivity contribution in [2.75, 3.05) is 11.9 Å². The monoisotopic (exact) mass is 383 g/mol. The molecule has 0 unspecified atom stereocenters. The van der Waals surface area contributed by atoms with Gasteiger partial charge in [0, 0.05) is 21.4 Å². The average molecular weight is 383 g/mol. The summed E-state index contributed by atoms with van der Waals surface area (Å²) in [6.45, 7) is -0.364. The Hall–Kier alpha value is -3.34. The van der Waals surface area contributed by atoms with Crippen molar-refractivity contribution in [3.8, 4) is 11.1 Å². The van der Waals surface area contributed by atoms with Gasteiger partial charge in [0.05, 0.1) is 11.1 Å². The minimum absolute atomic E-state index is 0.0947. The summed E-state index contributed by atoms with van der Waals surface area (Å²) in [6, 6.07) is 15.7. The highest BCUT2D eigenvalue weighted by Gasteiger charge is 2.35. The van der Waals surface area contributed by atoms with E-state index >= 15 is 0 Å². The van der Waals surface area contributed by atoms with E-state index in [2.05, 4.69) is 15.8 Å².